The van der Waals surface area contributed by atoms with Crippen molar-refractivity contribution in [3.05, 3.63) is 34.1 Å². The quantitative estimate of drug-likeness (QED) is 0.803. The van der Waals surface area contributed by atoms with Gasteiger partial charge in [-0.25, -0.2) is 4.39 Å². The maximum Gasteiger partial charge on any atom is 0.141 e. The second-order valence-corrected chi connectivity index (χ2v) is 6.00. The number of hydrogen-bond donors (Lipinski definition) is 1. The largest absolute Gasteiger partial charge is 0.313 e. The van der Waals surface area contributed by atoms with Crippen LogP contribution in [0.1, 0.15) is 31.2 Å². The van der Waals surface area contributed by atoms with Gasteiger partial charge in [0.15, 0.2) is 0 Å². The number of benzene rings is 1. The van der Waals surface area contributed by atoms with E-state index in [-0.39, 0.29) is 5.82 Å². The average Bonchev–Trinajstić information content (AvgIpc) is 2.44. The summed E-state index contributed by atoms with van der Waals surface area (Å²) in [7, 11) is 0. The maximum absolute atomic E-state index is 13.7. The molecule has 0 unspecified atom stereocenters. The Morgan fingerprint density at radius 3 is 2.79 bits per heavy atom. The average molecular weight is 329 g/mol. The van der Waals surface area contributed by atoms with Gasteiger partial charge in [-0.1, -0.05) is 18.6 Å². The first-order chi connectivity index (χ1) is 9.27. The maximum atomic E-state index is 13.7. The molecule has 106 valence electrons. The van der Waals surface area contributed by atoms with Crippen LogP contribution >= 0.6 is 15.9 Å². The third-order valence-electron chi connectivity index (χ3n) is 3.62. The summed E-state index contributed by atoms with van der Waals surface area (Å²) in [6.45, 7) is 5.21. The van der Waals surface area contributed by atoms with E-state index < -0.39 is 0 Å². The zero-order valence-electron chi connectivity index (χ0n) is 11.3. The van der Waals surface area contributed by atoms with Crippen LogP contribution in [0.5, 0.6) is 0 Å². The molecule has 1 N–H and O–H groups in total. The topological polar surface area (TPSA) is 15.3 Å². The minimum Gasteiger partial charge on any atom is -0.313 e. The van der Waals surface area contributed by atoms with Crippen LogP contribution in [0.25, 0.3) is 0 Å². The van der Waals surface area contributed by atoms with Crippen molar-refractivity contribution >= 4 is 15.9 Å². The van der Waals surface area contributed by atoms with Crippen LogP contribution in [-0.4, -0.2) is 31.1 Å². The molecule has 2 nitrogen and oxygen atoms in total. The van der Waals surface area contributed by atoms with Crippen molar-refractivity contribution in [1.82, 2.24) is 10.2 Å². The van der Waals surface area contributed by atoms with Crippen molar-refractivity contribution in [2.45, 2.75) is 32.2 Å². The lowest BCUT2D eigenvalue weighted by Gasteiger charge is -2.26. The van der Waals surface area contributed by atoms with Crippen LogP contribution in [0.4, 0.5) is 4.39 Å². The molecule has 0 aromatic heterocycles. The molecule has 0 amide bonds. The standard InChI is InChI=1S/C15H22BrFN2/c16-14-7-4-6-13(15(14)17)12-18-8-5-11-19-9-2-1-3-10-19/h4,6-7,18H,1-3,5,8-12H2. The van der Waals surface area contributed by atoms with E-state index in [0.29, 0.717) is 11.0 Å². The van der Waals surface area contributed by atoms with E-state index >= 15 is 0 Å². The summed E-state index contributed by atoms with van der Waals surface area (Å²) in [5, 5.41) is 3.32. The van der Waals surface area contributed by atoms with Gasteiger partial charge in [0.1, 0.15) is 5.82 Å². The van der Waals surface area contributed by atoms with Gasteiger partial charge in [0.25, 0.3) is 0 Å². The van der Waals surface area contributed by atoms with Gasteiger partial charge in [0.05, 0.1) is 4.47 Å². The minimum absolute atomic E-state index is 0.147. The highest BCUT2D eigenvalue weighted by Gasteiger charge is 2.09. The molecule has 1 aromatic rings. The van der Waals surface area contributed by atoms with E-state index in [4.69, 9.17) is 0 Å². The molecule has 0 radical (unpaired) electrons. The highest BCUT2D eigenvalue weighted by Crippen LogP contribution is 2.18. The van der Waals surface area contributed by atoms with E-state index in [2.05, 4.69) is 26.1 Å². The van der Waals surface area contributed by atoms with Gasteiger partial charge >= 0.3 is 0 Å². The SMILES string of the molecule is Fc1c(Br)cccc1CNCCCN1CCCCC1. The third kappa shape index (κ3) is 4.86. The monoisotopic (exact) mass is 328 g/mol. The van der Waals surface area contributed by atoms with E-state index in [1.807, 2.05) is 12.1 Å². The molecule has 2 rings (SSSR count). The van der Waals surface area contributed by atoms with Crippen molar-refractivity contribution in [3.8, 4) is 0 Å². The molecule has 1 aliphatic rings. The molecule has 0 spiro atoms. The Balaban J connectivity index is 1.62. The summed E-state index contributed by atoms with van der Waals surface area (Å²) in [5.74, 6) is -0.147. The van der Waals surface area contributed by atoms with Crippen molar-refractivity contribution in [2.24, 2.45) is 0 Å². The van der Waals surface area contributed by atoms with Gasteiger partial charge in [0, 0.05) is 12.1 Å². The Kier molecular flexibility index (Phi) is 6.28. The van der Waals surface area contributed by atoms with Gasteiger partial charge in [0.2, 0.25) is 0 Å². The minimum atomic E-state index is -0.147. The Morgan fingerprint density at radius 2 is 2.00 bits per heavy atom. The highest BCUT2D eigenvalue weighted by molar-refractivity contribution is 9.10. The van der Waals surface area contributed by atoms with E-state index in [1.54, 1.807) is 6.07 Å². The van der Waals surface area contributed by atoms with Gasteiger partial charge < -0.3 is 10.2 Å². The van der Waals surface area contributed by atoms with Crippen LogP contribution < -0.4 is 5.32 Å². The normalized spacial score (nSPS) is 16.7. The Hall–Kier alpha value is -0.450. The van der Waals surface area contributed by atoms with Crippen molar-refractivity contribution in [3.63, 3.8) is 0 Å². The summed E-state index contributed by atoms with van der Waals surface area (Å²) in [6.07, 6.45) is 5.21. The molecule has 1 heterocycles. The molecule has 1 fully saturated rings. The van der Waals surface area contributed by atoms with Crippen LogP contribution in [0.3, 0.4) is 0 Å². The van der Waals surface area contributed by atoms with Crippen molar-refractivity contribution < 1.29 is 4.39 Å². The summed E-state index contributed by atoms with van der Waals surface area (Å²) in [5.41, 5.74) is 0.729. The molecule has 0 saturated carbocycles. The summed E-state index contributed by atoms with van der Waals surface area (Å²) in [4.78, 5) is 2.53. The number of nitrogens with one attached hydrogen (secondary N) is 1. The number of nitrogens with zero attached hydrogens (tertiary/aromatic N) is 1. The molecule has 1 aliphatic heterocycles. The molecule has 0 bridgehead atoms. The van der Waals surface area contributed by atoms with Gasteiger partial charge in [-0.05, 0) is 67.4 Å². The van der Waals surface area contributed by atoms with E-state index in [9.17, 15) is 4.39 Å². The first-order valence-electron chi connectivity index (χ1n) is 7.13. The van der Waals surface area contributed by atoms with Gasteiger partial charge in [-0.15, -0.1) is 0 Å². The lowest BCUT2D eigenvalue weighted by molar-refractivity contribution is 0.225. The number of piperidine rings is 1. The van der Waals surface area contributed by atoms with Crippen LogP contribution in [-0.2, 0) is 6.54 Å². The molecule has 4 heteroatoms. The number of rotatable bonds is 6. The van der Waals surface area contributed by atoms with Gasteiger partial charge in [-0.3, -0.25) is 0 Å². The molecule has 0 atom stereocenters. The number of likely N-dealkylation sites (tertiary alicyclic amines) is 1. The summed E-state index contributed by atoms with van der Waals surface area (Å²) < 4.78 is 14.2. The fourth-order valence-corrected chi connectivity index (χ4v) is 2.93. The van der Waals surface area contributed by atoms with Gasteiger partial charge in [-0.2, -0.15) is 0 Å². The number of halogens is 2. The summed E-state index contributed by atoms with van der Waals surface area (Å²) in [6, 6.07) is 5.44. The molecule has 0 aliphatic carbocycles. The lowest BCUT2D eigenvalue weighted by atomic mass is 10.1. The molecule has 19 heavy (non-hydrogen) atoms. The van der Waals surface area contributed by atoms with Crippen LogP contribution in [0.15, 0.2) is 22.7 Å². The van der Waals surface area contributed by atoms with Crippen molar-refractivity contribution in [2.75, 3.05) is 26.2 Å². The molecule has 1 aromatic carbocycles. The Labute approximate surface area is 123 Å². The second-order valence-electron chi connectivity index (χ2n) is 5.15. The summed E-state index contributed by atoms with van der Waals surface area (Å²) >= 11 is 3.21. The van der Waals surface area contributed by atoms with E-state index in [0.717, 1.165) is 25.1 Å². The number of hydrogen-bond acceptors (Lipinski definition) is 2. The highest BCUT2D eigenvalue weighted by atomic mass is 79.9. The molecular weight excluding hydrogens is 307 g/mol. The fourth-order valence-electron chi connectivity index (χ4n) is 2.52. The predicted octanol–water partition coefficient (Wildman–Crippen LogP) is 3.55. The molecule has 1 saturated heterocycles. The molecular formula is C15H22BrFN2. The van der Waals surface area contributed by atoms with E-state index in [1.165, 1.54) is 32.4 Å². The zero-order chi connectivity index (χ0) is 13.5. The van der Waals surface area contributed by atoms with Crippen LogP contribution in [0, 0.1) is 5.82 Å². The second kappa shape index (κ2) is 7.98. The zero-order valence-corrected chi connectivity index (χ0v) is 12.9. The van der Waals surface area contributed by atoms with Crippen LogP contribution in [0.2, 0.25) is 0 Å². The Bertz CT molecular complexity index is 392. The first-order valence-corrected chi connectivity index (χ1v) is 7.92. The predicted molar refractivity (Wildman–Crippen MR) is 80.7 cm³/mol. The Morgan fingerprint density at radius 1 is 1.21 bits per heavy atom. The third-order valence-corrected chi connectivity index (χ3v) is 4.24. The smallest absolute Gasteiger partial charge is 0.141 e. The lowest BCUT2D eigenvalue weighted by Crippen LogP contribution is -2.32. The van der Waals surface area contributed by atoms with Crippen molar-refractivity contribution in [1.29, 1.82) is 0 Å². The first kappa shape index (κ1) is 14.9. The fraction of sp³-hybridized carbons (Fsp3) is 0.600.